The van der Waals surface area contributed by atoms with Crippen LogP contribution in [0.1, 0.15) is 29.0 Å². The Morgan fingerprint density at radius 3 is 2.82 bits per heavy atom. The van der Waals surface area contributed by atoms with Gasteiger partial charge in [-0.1, -0.05) is 11.3 Å². The molecule has 0 bridgehead atoms. The summed E-state index contributed by atoms with van der Waals surface area (Å²) in [6.07, 6.45) is 5.15. The highest BCUT2D eigenvalue weighted by molar-refractivity contribution is 7.13. The van der Waals surface area contributed by atoms with Gasteiger partial charge in [0.25, 0.3) is 5.91 Å². The largest absolute Gasteiger partial charge is 0.341 e. The highest BCUT2D eigenvalue weighted by Crippen LogP contribution is 2.36. The predicted octanol–water partition coefficient (Wildman–Crippen LogP) is 1.13. The standard InChI is InChI=1S/C14H16N6OS/c1-9-6-16-10(7-15-9)13(21)19-4-2-12-11(19)3-5-20(12)14-18-17-8-22-14/h6-8,11-12H,2-5H2,1H3/t11-,12+/m0/s1. The number of aryl methyl sites for hydroxylation is 1. The van der Waals surface area contributed by atoms with Gasteiger partial charge in [0, 0.05) is 19.3 Å². The predicted molar refractivity (Wildman–Crippen MR) is 81.9 cm³/mol. The first-order valence-electron chi connectivity index (χ1n) is 7.36. The van der Waals surface area contributed by atoms with Gasteiger partial charge in [0.2, 0.25) is 5.13 Å². The van der Waals surface area contributed by atoms with Crippen LogP contribution in [-0.2, 0) is 0 Å². The summed E-state index contributed by atoms with van der Waals surface area (Å²) >= 11 is 1.55. The molecule has 2 aliphatic heterocycles. The molecule has 0 aliphatic carbocycles. The maximum absolute atomic E-state index is 12.7. The number of fused-ring (bicyclic) bond motifs is 1. The van der Waals surface area contributed by atoms with Crippen molar-refractivity contribution < 1.29 is 4.79 Å². The van der Waals surface area contributed by atoms with Crippen LogP contribution in [0.4, 0.5) is 5.13 Å². The minimum atomic E-state index is -0.0147. The Morgan fingerprint density at radius 1 is 1.23 bits per heavy atom. The molecule has 8 heteroatoms. The minimum Gasteiger partial charge on any atom is -0.341 e. The van der Waals surface area contributed by atoms with Crippen LogP contribution in [0.5, 0.6) is 0 Å². The zero-order valence-corrected chi connectivity index (χ0v) is 13.0. The van der Waals surface area contributed by atoms with E-state index in [2.05, 4.69) is 25.1 Å². The van der Waals surface area contributed by atoms with Crippen molar-refractivity contribution in [3.8, 4) is 0 Å². The van der Waals surface area contributed by atoms with E-state index in [1.165, 1.54) is 0 Å². The van der Waals surface area contributed by atoms with E-state index in [0.717, 1.165) is 36.8 Å². The highest BCUT2D eigenvalue weighted by Gasteiger charge is 2.45. The Bertz CT molecular complexity index is 673. The second kappa shape index (κ2) is 5.28. The maximum Gasteiger partial charge on any atom is 0.274 e. The quantitative estimate of drug-likeness (QED) is 0.827. The van der Waals surface area contributed by atoms with Crippen molar-refractivity contribution >= 4 is 22.4 Å². The average molecular weight is 316 g/mol. The summed E-state index contributed by atoms with van der Waals surface area (Å²) in [7, 11) is 0. The van der Waals surface area contributed by atoms with Crippen molar-refractivity contribution in [2.75, 3.05) is 18.0 Å². The summed E-state index contributed by atoms with van der Waals surface area (Å²) in [6.45, 7) is 3.55. The van der Waals surface area contributed by atoms with Crippen molar-refractivity contribution in [1.82, 2.24) is 25.1 Å². The minimum absolute atomic E-state index is 0.0147. The molecule has 114 valence electrons. The van der Waals surface area contributed by atoms with Crippen molar-refractivity contribution in [1.29, 1.82) is 0 Å². The third kappa shape index (κ3) is 2.14. The van der Waals surface area contributed by atoms with Crippen LogP contribution in [0.3, 0.4) is 0 Å². The second-order valence-corrected chi connectivity index (χ2v) is 6.48. The number of aromatic nitrogens is 4. The Hall–Kier alpha value is -2.09. The van der Waals surface area contributed by atoms with Crippen LogP contribution in [0.25, 0.3) is 0 Å². The molecule has 22 heavy (non-hydrogen) atoms. The molecule has 0 unspecified atom stereocenters. The lowest BCUT2D eigenvalue weighted by atomic mass is 10.1. The molecule has 7 nitrogen and oxygen atoms in total. The summed E-state index contributed by atoms with van der Waals surface area (Å²) in [5.74, 6) is -0.0147. The van der Waals surface area contributed by atoms with Gasteiger partial charge in [-0.2, -0.15) is 0 Å². The van der Waals surface area contributed by atoms with E-state index in [1.807, 2.05) is 11.8 Å². The lowest BCUT2D eigenvalue weighted by Gasteiger charge is -2.24. The molecule has 2 saturated heterocycles. The SMILES string of the molecule is Cc1cnc(C(=O)N2CC[C@@H]3[C@@H]2CCN3c2nncs2)cn1. The van der Waals surface area contributed by atoms with Crippen molar-refractivity contribution in [2.24, 2.45) is 0 Å². The van der Waals surface area contributed by atoms with E-state index in [1.54, 1.807) is 29.2 Å². The second-order valence-electron chi connectivity index (χ2n) is 5.67. The van der Waals surface area contributed by atoms with E-state index >= 15 is 0 Å². The molecule has 0 aromatic carbocycles. The van der Waals surface area contributed by atoms with E-state index in [0.29, 0.717) is 11.7 Å². The fraction of sp³-hybridized carbons (Fsp3) is 0.500. The summed E-state index contributed by atoms with van der Waals surface area (Å²) in [5, 5.41) is 9.04. The molecule has 0 spiro atoms. The molecule has 4 rings (SSSR count). The molecule has 2 aliphatic rings. The fourth-order valence-electron chi connectivity index (χ4n) is 3.42. The third-order valence-electron chi connectivity index (χ3n) is 4.43. The van der Waals surface area contributed by atoms with Gasteiger partial charge < -0.3 is 9.80 Å². The smallest absolute Gasteiger partial charge is 0.274 e. The van der Waals surface area contributed by atoms with Crippen LogP contribution in [0.15, 0.2) is 17.9 Å². The lowest BCUT2D eigenvalue weighted by Crippen LogP contribution is -2.40. The van der Waals surface area contributed by atoms with Gasteiger partial charge in [-0.05, 0) is 19.8 Å². The van der Waals surface area contributed by atoms with Crippen LogP contribution in [-0.4, -0.2) is 56.1 Å². The van der Waals surface area contributed by atoms with Crippen molar-refractivity contribution in [3.63, 3.8) is 0 Å². The van der Waals surface area contributed by atoms with E-state index in [9.17, 15) is 4.79 Å². The monoisotopic (exact) mass is 316 g/mol. The number of likely N-dealkylation sites (tertiary alicyclic amines) is 1. The molecule has 0 radical (unpaired) electrons. The molecule has 1 amide bonds. The number of amides is 1. The molecule has 2 aromatic heterocycles. The Labute approximate surface area is 132 Å². The van der Waals surface area contributed by atoms with Crippen molar-refractivity contribution in [3.05, 3.63) is 29.3 Å². The zero-order chi connectivity index (χ0) is 15.1. The fourth-order valence-corrected chi connectivity index (χ4v) is 4.06. The number of rotatable bonds is 2. The normalized spacial score (nSPS) is 23.9. The van der Waals surface area contributed by atoms with Crippen LogP contribution < -0.4 is 4.90 Å². The first-order chi connectivity index (χ1) is 10.7. The Balaban J connectivity index is 1.54. The topological polar surface area (TPSA) is 75.1 Å². The van der Waals surface area contributed by atoms with Gasteiger partial charge in [-0.3, -0.25) is 9.78 Å². The van der Waals surface area contributed by atoms with Crippen molar-refractivity contribution in [2.45, 2.75) is 31.8 Å². The van der Waals surface area contributed by atoms with Gasteiger partial charge in [0.1, 0.15) is 11.2 Å². The van der Waals surface area contributed by atoms with Gasteiger partial charge in [0.15, 0.2) is 0 Å². The molecule has 2 aromatic rings. The third-order valence-corrected chi connectivity index (χ3v) is 5.16. The van der Waals surface area contributed by atoms with Gasteiger partial charge in [-0.25, -0.2) is 4.98 Å². The zero-order valence-electron chi connectivity index (χ0n) is 12.2. The first kappa shape index (κ1) is 13.6. The summed E-state index contributed by atoms with van der Waals surface area (Å²) in [4.78, 5) is 25.3. The van der Waals surface area contributed by atoms with Crippen LogP contribution in [0, 0.1) is 6.92 Å². The molecule has 2 atom stereocenters. The number of carbonyl (C=O) groups excluding carboxylic acids is 1. The van der Waals surface area contributed by atoms with Gasteiger partial charge in [0.05, 0.1) is 24.0 Å². The van der Waals surface area contributed by atoms with Gasteiger partial charge in [-0.15, -0.1) is 10.2 Å². The average Bonchev–Trinajstić information content (AvgIpc) is 3.24. The first-order valence-corrected chi connectivity index (χ1v) is 8.24. The molecular formula is C14H16N6OS. The van der Waals surface area contributed by atoms with E-state index in [4.69, 9.17) is 0 Å². The van der Waals surface area contributed by atoms with E-state index < -0.39 is 0 Å². The summed E-state index contributed by atoms with van der Waals surface area (Å²) in [5.41, 5.74) is 3.00. The molecule has 0 saturated carbocycles. The van der Waals surface area contributed by atoms with E-state index in [-0.39, 0.29) is 11.9 Å². The number of nitrogens with zero attached hydrogens (tertiary/aromatic N) is 6. The molecule has 0 N–H and O–H groups in total. The number of hydrogen-bond acceptors (Lipinski definition) is 7. The lowest BCUT2D eigenvalue weighted by molar-refractivity contribution is 0.0731. The summed E-state index contributed by atoms with van der Waals surface area (Å²) < 4.78 is 0. The molecular weight excluding hydrogens is 300 g/mol. The maximum atomic E-state index is 12.7. The molecule has 4 heterocycles. The molecule has 2 fully saturated rings. The number of anilines is 1. The van der Waals surface area contributed by atoms with Gasteiger partial charge >= 0.3 is 0 Å². The number of carbonyl (C=O) groups is 1. The van der Waals surface area contributed by atoms with Crippen LogP contribution in [0.2, 0.25) is 0 Å². The summed E-state index contributed by atoms with van der Waals surface area (Å²) in [6, 6.07) is 0.579. The Morgan fingerprint density at radius 2 is 2.09 bits per heavy atom. The highest BCUT2D eigenvalue weighted by atomic mass is 32.1. The Kier molecular flexibility index (Phi) is 3.25. The van der Waals surface area contributed by atoms with Crippen LogP contribution >= 0.6 is 11.3 Å². The number of hydrogen-bond donors (Lipinski definition) is 0.